The first kappa shape index (κ1) is 15.5. The number of benzene rings is 1. The quantitative estimate of drug-likeness (QED) is 0.902. The first-order valence-electron chi connectivity index (χ1n) is 8.47. The molecule has 120 valence electrons. The van der Waals surface area contributed by atoms with Crippen molar-refractivity contribution >= 4 is 5.91 Å². The van der Waals surface area contributed by atoms with Crippen LogP contribution in [-0.2, 0) is 16.0 Å². The second kappa shape index (κ2) is 7.75. The fourth-order valence-electron chi connectivity index (χ4n) is 3.47. The van der Waals surface area contributed by atoms with Crippen LogP contribution in [-0.4, -0.2) is 49.7 Å². The Labute approximate surface area is 132 Å². The largest absolute Gasteiger partial charge is 0.368 e. The maximum Gasteiger partial charge on any atom is 0.248 e. The van der Waals surface area contributed by atoms with Crippen LogP contribution >= 0.6 is 0 Å². The van der Waals surface area contributed by atoms with Crippen LogP contribution in [0.2, 0.25) is 0 Å². The van der Waals surface area contributed by atoms with E-state index in [0.717, 1.165) is 51.9 Å². The van der Waals surface area contributed by atoms with Crippen molar-refractivity contribution in [3.05, 3.63) is 35.9 Å². The van der Waals surface area contributed by atoms with Gasteiger partial charge in [0.25, 0.3) is 0 Å². The van der Waals surface area contributed by atoms with Crippen molar-refractivity contribution < 1.29 is 9.53 Å². The number of likely N-dealkylation sites (tertiary alicyclic amines) is 1. The third-order valence-corrected chi connectivity index (χ3v) is 4.76. The number of nitrogens with zero attached hydrogens (tertiary/aromatic N) is 1. The predicted octanol–water partition coefficient (Wildman–Crippen LogP) is 1.85. The van der Waals surface area contributed by atoms with Crippen LogP contribution in [0.3, 0.4) is 0 Å². The van der Waals surface area contributed by atoms with Gasteiger partial charge < -0.3 is 15.0 Å². The van der Waals surface area contributed by atoms with Crippen molar-refractivity contribution in [1.29, 1.82) is 0 Å². The van der Waals surface area contributed by atoms with Crippen LogP contribution in [0.25, 0.3) is 0 Å². The highest BCUT2D eigenvalue weighted by Crippen LogP contribution is 2.20. The Hall–Kier alpha value is -1.39. The summed E-state index contributed by atoms with van der Waals surface area (Å²) < 4.78 is 6.01. The van der Waals surface area contributed by atoms with Crippen LogP contribution in [0.5, 0.6) is 0 Å². The van der Waals surface area contributed by atoms with Gasteiger partial charge in [0.05, 0.1) is 6.10 Å². The molecule has 1 aromatic rings. The molecule has 3 rings (SSSR count). The summed E-state index contributed by atoms with van der Waals surface area (Å²) in [4.78, 5) is 14.1. The van der Waals surface area contributed by atoms with Gasteiger partial charge in [-0.3, -0.25) is 4.79 Å². The molecule has 1 amide bonds. The lowest BCUT2D eigenvalue weighted by atomic mass is 9.89. The average Bonchev–Trinajstić information content (AvgIpc) is 3.09. The SMILES string of the molecule is O=C(CO[C@H]1CCNC[C@@H]1Cc1ccccc1)N1CCCC1. The Morgan fingerprint density at radius 1 is 1.23 bits per heavy atom. The lowest BCUT2D eigenvalue weighted by molar-refractivity contribution is -0.138. The van der Waals surface area contributed by atoms with Crippen LogP contribution in [0.4, 0.5) is 0 Å². The van der Waals surface area contributed by atoms with Crippen molar-refractivity contribution in [3.8, 4) is 0 Å². The van der Waals surface area contributed by atoms with Crippen molar-refractivity contribution in [2.75, 3.05) is 32.8 Å². The summed E-state index contributed by atoms with van der Waals surface area (Å²) in [6.07, 6.45) is 4.46. The van der Waals surface area contributed by atoms with Gasteiger partial charge in [-0.25, -0.2) is 0 Å². The van der Waals surface area contributed by atoms with Gasteiger partial charge in [0.15, 0.2) is 0 Å². The molecule has 1 aromatic carbocycles. The highest BCUT2D eigenvalue weighted by atomic mass is 16.5. The molecule has 0 aromatic heterocycles. The maximum atomic E-state index is 12.1. The van der Waals surface area contributed by atoms with E-state index >= 15 is 0 Å². The molecule has 0 bridgehead atoms. The van der Waals surface area contributed by atoms with E-state index in [-0.39, 0.29) is 18.6 Å². The van der Waals surface area contributed by atoms with Crippen molar-refractivity contribution in [2.45, 2.75) is 31.8 Å². The molecule has 0 unspecified atom stereocenters. The van der Waals surface area contributed by atoms with Gasteiger partial charge in [-0.1, -0.05) is 30.3 Å². The molecule has 2 fully saturated rings. The highest BCUT2D eigenvalue weighted by molar-refractivity contribution is 5.77. The topological polar surface area (TPSA) is 41.6 Å². The van der Waals surface area contributed by atoms with Crippen molar-refractivity contribution in [1.82, 2.24) is 10.2 Å². The Morgan fingerprint density at radius 3 is 2.77 bits per heavy atom. The summed E-state index contributed by atoms with van der Waals surface area (Å²) in [5.74, 6) is 0.608. The van der Waals surface area contributed by atoms with Gasteiger partial charge in [0, 0.05) is 25.6 Å². The van der Waals surface area contributed by atoms with Crippen LogP contribution in [0.1, 0.15) is 24.8 Å². The zero-order valence-corrected chi connectivity index (χ0v) is 13.2. The maximum absolute atomic E-state index is 12.1. The minimum Gasteiger partial charge on any atom is -0.368 e. The van der Waals surface area contributed by atoms with E-state index in [1.54, 1.807) is 0 Å². The highest BCUT2D eigenvalue weighted by Gasteiger charge is 2.27. The number of hydrogen-bond acceptors (Lipinski definition) is 3. The zero-order valence-electron chi connectivity index (χ0n) is 13.2. The minimum atomic E-state index is 0.162. The molecular formula is C18H26N2O2. The second-order valence-corrected chi connectivity index (χ2v) is 6.38. The van der Waals surface area contributed by atoms with E-state index in [1.807, 2.05) is 11.0 Å². The van der Waals surface area contributed by atoms with Gasteiger partial charge in [0.1, 0.15) is 6.61 Å². The molecule has 0 saturated carbocycles. The summed E-state index contributed by atoms with van der Waals surface area (Å²) in [7, 11) is 0. The van der Waals surface area contributed by atoms with E-state index in [0.29, 0.717) is 5.92 Å². The van der Waals surface area contributed by atoms with Gasteiger partial charge in [-0.15, -0.1) is 0 Å². The standard InChI is InChI=1S/C18H26N2O2/c21-18(20-10-4-5-11-20)14-22-17-8-9-19-13-16(17)12-15-6-2-1-3-7-15/h1-3,6-7,16-17,19H,4-5,8-14H2/t16-,17-/m0/s1. The molecule has 2 saturated heterocycles. The summed E-state index contributed by atoms with van der Waals surface area (Å²) in [6.45, 7) is 4.00. The molecular weight excluding hydrogens is 276 g/mol. The lowest BCUT2D eigenvalue weighted by Crippen LogP contribution is -2.44. The van der Waals surface area contributed by atoms with Crippen molar-refractivity contribution in [2.24, 2.45) is 5.92 Å². The molecule has 0 aliphatic carbocycles. The van der Waals surface area contributed by atoms with E-state index in [4.69, 9.17) is 4.74 Å². The summed E-state index contributed by atoms with van der Waals surface area (Å²) in [5, 5.41) is 3.45. The van der Waals surface area contributed by atoms with Gasteiger partial charge >= 0.3 is 0 Å². The smallest absolute Gasteiger partial charge is 0.248 e. The molecule has 22 heavy (non-hydrogen) atoms. The summed E-state index contributed by atoms with van der Waals surface area (Å²) >= 11 is 0. The van der Waals surface area contributed by atoms with Gasteiger partial charge in [0.2, 0.25) is 5.91 Å². The number of carbonyl (C=O) groups is 1. The molecule has 4 nitrogen and oxygen atoms in total. The van der Waals surface area contributed by atoms with Crippen LogP contribution in [0, 0.1) is 5.92 Å². The third kappa shape index (κ3) is 4.08. The van der Waals surface area contributed by atoms with E-state index in [1.165, 1.54) is 5.56 Å². The minimum absolute atomic E-state index is 0.162. The summed E-state index contributed by atoms with van der Waals surface area (Å²) in [6, 6.07) is 10.5. The normalized spacial score (nSPS) is 25.4. The van der Waals surface area contributed by atoms with E-state index < -0.39 is 0 Å². The van der Waals surface area contributed by atoms with E-state index in [9.17, 15) is 4.79 Å². The molecule has 2 atom stereocenters. The van der Waals surface area contributed by atoms with Crippen LogP contribution < -0.4 is 5.32 Å². The van der Waals surface area contributed by atoms with Gasteiger partial charge in [-0.2, -0.15) is 0 Å². The predicted molar refractivity (Wildman–Crippen MR) is 86.7 cm³/mol. The average molecular weight is 302 g/mol. The fourth-order valence-corrected chi connectivity index (χ4v) is 3.47. The number of hydrogen-bond donors (Lipinski definition) is 1. The number of ether oxygens (including phenoxy) is 1. The molecule has 0 radical (unpaired) electrons. The molecule has 2 heterocycles. The monoisotopic (exact) mass is 302 g/mol. The second-order valence-electron chi connectivity index (χ2n) is 6.38. The molecule has 4 heteroatoms. The zero-order chi connectivity index (χ0) is 15.2. The Kier molecular flexibility index (Phi) is 5.46. The Bertz CT molecular complexity index is 471. The molecule has 2 aliphatic rings. The third-order valence-electron chi connectivity index (χ3n) is 4.76. The first-order valence-corrected chi connectivity index (χ1v) is 8.47. The molecule has 2 aliphatic heterocycles. The van der Waals surface area contributed by atoms with Crippen molar-refractivity contribution in [3.63, 3.8) is 0 Å². The number of nitrogens with one attached hydrogen (secondary N) is 1. The van der Waals surface area contributed by atoms with Gasteiger partial charge in [-0.05, 0) is 37.8 Å². The lowest BCUT2D eigenvalue weighted by Gasteiger charge is -2.32. The fraction of sp³-hybridized carbons (Fsp3) is 0.611. The summed E-state index contributed by atoms with van der Waals surface area (Å²) in [5.41, 5.74) is 1.34. The Morgan fingerprint density at radius 2 is 2.00 bits per heavy atom. The number of carbonyl (C=O) groups excluding carboxylic acids is 1. The number of piperidine rings is 1. The molecule has 1 N–H and O–H groups in total. The number of rotatable bonds is 5. The van der Waals surface area contributed by atoms with Crippen LogP contribution in [0.15, 0.2) is 30.3 Å². The number of amides is 1. The van der Waals surface area contributed by atoms with E-state index in [2.05, 4.69) is 29.6 Å². The first-order chi connectivity index (χ1) is 10.8. The molecule has 0 spiro atoms. The Balaban J connectivity index is 1.52.